The number of carbonyl (C=O) groups is 1. The van der Waals surface area contributed by atoms with E-state index in [0.29, 0.717) is 11.4 Å². The van der Waals surface area contributed by atoms with Gasteiger partial charge >= 0.3 is 0 Å². The van der Waals surface area contributed by atoms with Gasteiger partial charge in [-0.2, -0.15) is 0 Å². The highest BCUT2D eigenvalue weighted by molar-refractivity contribution is 5.92. The number of nitrogens with zero attached hydrogens (tertiary/aromatic N) is 3. The first kappa shape index (κ1) is 18.9. The summed E-state index contributed by atoms with van der Waals surface area (Å²) in [6.45, 7) is 4.19. The zero-order chi connectivity index (χ0) is 19.2. The molecule has 3 rings (SSSR count). The number of anilines is 1. The molecule has 1 unspecified atom stereocenters. The van der Waals surface area contributed by atoms with Crippen molar-refractivity contribution in [2.24, 2.45) is 5.92 Å². The smallest absolute Gasteiger partial charge is 0.227 e. The van der Waals surface area contributed by atoms with Crippen molar-refractivity contribution in [3.05, 3.63) is 42.5 Å². The van der Waals surface area contributed by atoms with E-state index in [2.05, 4.69) is 22.4 Å². The Morgan fingerprint density at radius 2 is 1.81 bits per heavy atom. The summed E-state index contributed by atoms with van der Waals surface area (Å²) in [7, 11) is 0. The summed E-state index contributed by atoms with van der Waals surface area (Å²) in [6, 6.07) is 12.5. The fourth-order valence-corrected chi connectivity index (χ4v) is 3.14. The van der Waals surface area contributed by atoms with Crippen LogP contribution in [-0.2, 0) is 4.79 Å². The first-order valence-electron chi connectivity index (χ1n) is 9.58. The number of benzene rings is 2. The molecule has 2 N–H and O–H groups in total. The lowest BCUT2D eigenvalue weighted by molar-refractivity contribution is -0.120. The Labute approximate surface area is 159 Å². The monoisotopic (exact) mass is 366 g/mol. The maximum absolute atomic E-state index is 12.5. The van der Waals surface area contributed by atoms with Crippen LogP contribution in [0.1, 0.15) is 46.0 Å². The average Bonchev–Trinajstić information content (AvgIpc) is 3.09. The molecule has 142 valence electrons. The summed E-state index contributed by atoms with van der Waals surface area (Å²) in [5, 5.41) is 22.1. The van der Waals surface area contributed by atoms with E-state index in [1.807, 2.05) is 31.2 Å². The number of nitrogens with one attached hydrogen (secondary N) is 1. The molecule has 0 fully saturated rings. The molecule has 27 heavy (non-hydrogen) atoms. The standard InChI is InChI=1S/C21H26N4O2/c1-3-5-6-9-15(4-2)21(27)22-16-12-13-19(20(26)14-16)25-23-17-10-7-8-11-18(17)24-25/h7-8,10-15,26H,3-6,9H2,1-2H3,(H,22,27). The third-order valence-electron chi connectivity index (χ3n) is 4.76. The van der Waals surface area contributed by atoms with Gasteiger partial charge in [-0.25, -0.2) is 0 Å². The van der Waals surface area contributed by atoms with Gasteiger partial charge in [0.15, 0.2) is 0 Å². The van der Waals surface area contributed by atoms with Gasteiger partial charge in [0, 0.05) is 17.7 Å². The second kappa shape index (κ2) is 8.66. The molecule has 1 aromatic heterocycles. The van der Waals surface area contributed by atoms with Gasteiger partial charge in [-0.1, -0.05) is 45.2 Å². The van der Waals surface area contributed by atoms with Crippen molar-refractivity contribution in [3.8, 4) is 11.4 Å². The summed E-state index contributed by atoms with van der Waals surface area (Å²) in [5.74, 6) is 0.0206. The van der Waals surface area contributed by atoms with Gasteiger partial charge in [-0.15, -0.1) is 15.0 Å². The van der Waals surface area contributed by atoms with Gasteiger partial charge in [0.25, 0.3) is 0 Å². The van der Waals surface area contributed by atoms with Crippen LogP contribution in [-0.4, -0.2) is 26.0 Å². The third kappa shape index (κ3) is 4.45. The van der Waals surface area contributed by atoms with Crippen LogP contribution in [0.2, 0.25) is 0 Å². The number of unbranched alkanes of at least 4 members (excludes halogenated alkanes) is 2. The highest BCUT2D eigenvalue weighted by atomic mass is 16.3. The molecule has 0 aliphatic rings. The van der Waals surface area contributed by atoms with Crippen LogP contribution in [0.25, 0.3) is 16.7 Å². The fourth-order valence-electron chi connectivity index (χ4n) is 3.14. The van der Waals surface area contributed by atoms with E-state index in [-0.39, 0.29) is 17.6 Å². The van der Waals surface area contributed by atoms with Crippen LogP contribution in [0.5, 0.6) is 5.75 Å². The van der Waals surface area contributed by atoms with Gasteiger partial charge in [0.05, 0.1) is 0 Å². The number of hydrogen-bond acceptors (Lipinski definition) is 4. The summed E-state index contributed by atoms with van der Waals surface area (Å²) in [5.41, 5.74) is 2.56. The Balaban J connectivity index is 1.73. The first-order valence-corrected chi connectivity index (χ1v) is 9.58. The van der Waals surface area contributed by atoms with Crippen molar-refractivity contribution in [1.82, 2.24) is 15.0 Å². The van der Waals surface area contributed by atoms with Gasteiger partial charge in [0.1, 0.15) is 22.5 Å². The number of aromatic nitrogens is 3. The van der Waals surface area contributed by atoms with Crippen LogP contribution >= 0.6 is 0 Å². The Morgan fingerprint density at radius 3 is 2.41 bits per heavy atom. The molecule has 2 aromatic carbocycles. The van der Waals surface area contributed by atoms with E-state index >= 15 is 0 Å². The zero-order valence-corrected chi connectivity index (χ0v) is 15.9. The number of amides is 1. The Hall–Kier alpha value is -2.89. The number of aromatic hydroxyl groups is 1. The lowest BCUT2D eigenvalue weighted by Crippen LogP contribution is -2.22. The molecule has 0 radical (unpaired) electrons. The summed E-state index contributed by atoms with van der Waals surface area (Å²) in [4.78, 5) is 13.9. The molecule has 0 saturated carbocycles. The van der Waals surface area contributed by atoms with Crippen LogP contribution in [0, 0.1) is 5.92 Å². The third-order valence-corrected chi connectivity index (χ3v) is 4.76. The molecule has 6 heteroatoms. The molecule has 0 saturated heterocycles. The Bertz CT molecular complexity index is 886. The fraction of sp³-hybridized carbons (Fsp3) is 0.381. The van der Waals surface area contributed by atoms with Crippen molar-refractivity contribution in [2.75, 3.05) is 5.32 Å². The van der Waals surface area contributed by atoms with Crippen LogP contribution in [0.3, 0.4) is 0 Å². The second-order valence-electron chi connectivity index (χ2n) is 6.77. The van der Waals surface area contributed by atoms with Gasteiger partial charge in [-0.3, -0.25) is 4.79 Å². The summed E-state index contributed by atoms with van der Waals surface area (Å²) < 4.78 is 0. The predicted molar refractivity (Wildman–Crippen MR) is 107 cm³/mol. The number of phenolic OH excluding ortho intramolecular Hbond substituents is 1. The molecule has 1 heterocycles. The topological polar surface area (TPSA) is 80.0 Å². The van der Waals surface area contributed by atoms with Gasteiger partial charge in [0.2, 0.25) is 5.91 Å². The number of rotatable bonds is 8. The second-order valence-corrected chi connectivity index (χ2v) is 6.77. The predicted octanol–water partition coefficient (Wildman–Crippen LogP) is 4.67. The van der Waals surface area contributed by atoms with E-state index in [9.17, 15) is 9.90 Å². The van der Waals surface area contributed by atoms with Gasteiger partial charge in [-0.05, 0) is 37.1 Å². The van der Waals surface area contributed by atoms with Crippen molar-refractivity contribution in [2.45, 2.75) is 46.0 Å². The molecule has 1 atom stereocenters. The number of phenols is 1. The SMILES string of the molecule is CCCCCC(CC)C(=O)Nc1ccc(-n2nc3ccccc3n2)c(O)c1. The first-order chi connectivity index (χ1) is 13.1. The van der Waals surface area contributed by atoms with E-state index in [4.69, 9.17) is 0 Å². The van der Waals surface area contributed by atoms with E-state index in [1.54, 1.807) is 18.2 Å². The number of carbonyl (C=O) groups excluding carboxylic acids is 1. The van der Waals surface area contributed by atoms with E-state index in [0.717, 1.165) is 43.1 Å². The molecule has 3 aromatic rings. The molecule has 6 nitrogen and oxygen atoms in total. The van der Waals surface area contributed by atoms with Crippen LogP contribution < -0.4 is 5.32 Å². The van der Waals surface area contributed by atoms with Crippen molar-refractivity contribution < 1.29 is 9.90 Å². The normalized spacial score (nSPS) is 12.2. The minimum Gasteiger partial charge on any atom is -0.506 e. The molecule has 0 aliphatic carbocycles. The van der Waals surface area contributed by atoms with E-state index in [1.165, 1.54) is 4.80 Å². The maximum atomic E-state index is 12.5. The lowest BCUT2D eigenvalue weighted by Gasteiger charge is -2.15. The molecule has 0 bridgehead atoms. The average molecular weight is 366 g/mol. The quantitative estimate of drug-likeness (QED) is 0.568. The molecule has 0 spiro atoms. The lowest BCUT2D eigenvalue weighted by atomic mass is 9.97. The zero-order valence-electron chi connectivity index (χ0n) is 15.9. The summed E-state index contributed by atoms with van der Waals surface area (Å²) >= 11 is 0. The van der Waals surface area contributed by atoms with E-state index < -0.39 is 0 Å². The van der Waals surface area contributed by atoms with Crippen molar-refractivity contribution in [1.29, 1.82) is 0 Å². The van der Waals surface area contributed by atoms with Crippen molar-refractivity contribution >= 4 is 22.6 Å². The number of hydrogen-bond donors (Lipinski definition) is 2. The van der Waals surface area contributed by atoms with Gasteiger partial charge < -0.3 is 10.4 Å². The highest BCUT2D eigenvalue weighted by Crippen LogP contribution is 2.26. The largest absolute Gasteiger partial charge is 0.506 e. The van der Waals surface area contributed by atoms with Crippen LogP contribution in [0.15, 0.2) is 42.5 Å². The van der Waals surface area contributed by atoms with Crippen LogP contribution in [0.4, 0.5) is 5.69 Å². The molecule has 1 amide bonds. The number of fused-ring (bicyclic) bond motifs is 1. The molecule has 0 aliphatic heterocycles. The highest BCUT2D eigenvalue weighted by Gasteiger charge is 2.17. The molecular weight excluding hydrogens is 340 g/mol. The molecular formula is C21H26N4O2. The van der Waals surface area contributed by atoms with Crippen molar-refractivity contribution in [3.63, 3.8) is 0 Å². The maximum Gasteiger partial charge on any atom is 0.227 e. The summed E-state index contributed by atoms with van der Waals surface area (Å²) in [6.07, 6.45) is 5.05. The minimum atomic E-state index is -0.00329. The minimum absolute atomic E-state index is 0.00329. The Morgan fingerprint density at radius 1 is 1.11 bits per heavy atom. The Kier molecular flexibility index (Phi) is 6.06.